The summed E-state index contributed by atoms with van der Waals surface area (Å²) in [5.41, 5.74) is 0.986. The van der Waals surface area contributed by atoms with E-state index in [1.54, 1.807) is 0 Å². The lowest BCUT2D eigenvalue weighted by Gasteiger charge is -2.35. The van der Waals surface area contributed by atoms with Crippen molar-refractivity contribution in [2.75, 3.05) is 0 Å². The normalized spacial score (nSPS) is 24.9. The third kappa shape index (κ3) is 4.02. The lowest BCUT2D eigenvalue weighted by atomic mass is 9.76. The molecule has 1 aliphatic rings. The lowest BCUT2D eigenvalue weighted by molar-refractivity contribution is 0.209. The summed E-state index contributed by atoms with van der Waals surface area (Å²) in [5.74, 6) is 1.26. The minimum Gasteiger partial charge on any atom is -0.306 e. The molecular formula is C17H27FN2. The van der Waals surface area contributed by atoms with Crippen molar-refractivity contribution >= 4 is 0 Å². The van der Waals surface area contributed by atoms with Crippen LogP contribution in [0.15, 0.2) is 18.3 Å². The maximum absolute atomic E-state index is 13.1. The van der Waals surface area contributed by atoms with Gasteiger partial charge < -0.3 is 5.32 Å². The zero-order valence-corrected chi connectivity index (χ0v) is 12.9. The van der Waals surface area contributed by atoms with Gasteiger partial charge in [0.25, 0.3) is 0 Å². The summed E-state index contributed by atoms with van der Waals surface area (Å²) in [5, 5.41) is 3.63. The summed E-state index contributed by atoms with van der Waals surface area (Å²) >= 11 is 0. The fraction of sp³-hybridized carbons (Fsp3) is 0.706. The van der Waals surface area contributed by atoms with Gasteiger partial charge >= 0.3 is 0 Å². The van der Waals surface area contributed by atoms with E-state index in [4.69, 9.17) is 0 Å². The molecule has 1 N–H and O–H groups in total. The number of hydrogen-bond donors (Lipinski definition) is 1. The fourth-order valence-electron chi connectivity index (χ4n) is 3.32. The predicted molar refractivity (Wildman–Crippen MR) is 80.9 cm³/mol. The SMILES string of the molecule is CCC1CCC(C(NC(C)C)c2ccc(F)cn2)CC1. The van der Waals surface area contributed by atoms with Gasteiger partial charge in [-0.2, -0.15) is 0 Å². The molecule has 0 aliphatic heterocycles. The second-order valence-corrected chi connectivity index (χ2v) is 6.39. The molecule has 0 radical (unpaired) electrons. The van der Waals surface area contributed by atoms with Crippen LogP contribution in [-0.4, -0.2) is 11.0 Å². The highest BCUT2D eigenvalue weighted by Crippen LogP contribution is 2.37. The lowest BCUT2D eigenvalue weighted by Crippen LogP contribution is -2.35. The van der Waals surface area contributed by atoms with E-state index in [2.05, 4.69) is 31.1 Å². The van der Waals surface area contributed by atoms with Gasteiger partial charge in [-0.25, -0.2) is 4.39 Å². The monoisotopic (exact) mass is 278 g/mol. The number of rotatable bonds is 5. The van der Waals surface area contributed by atoms with Gasteiger partial charge in [-0.15, -0.1) is 0 Å². The van der Waals surface area contributed by atoms with Gasteiger partial charge in [-0.1, -0.05) is 40.0 Å². The zero-order valence-electron chi connectivity index (χ0n) is 12.9. The average Bonchev–Trinajstić information content (AvgIpc) is 2.46. The van der Waals surface area contributed by atoms with Crippen molar-refractivity contribution < 1.29 is 4.39 Å². The first kappa shape index (κ1) is 15.4. The maximum atomic E-state index is 13.1. The molecule has 1 aromatic heterocycles. The van der Waals surface area contributed by atoms with Crippen LogP contribution in [-0.2, 0) is 0 Å². The highest BCUT2D eigenvalue weighted by Gasteiger charge is 2.29. The fourth-order valence-corrected chi connectivity index (χ4v) is 3.32. The molecule has 1 aliphatic carbocycles. The Morgan fingerprint density at radius 3 is 2.45 bits per heavy atom. The number of pyridine rings is 1. The second kappa shape index (κ2) is 7.16. The summed E-state index contributed by atoms with van der Waals surface area (Å²) < 4.78 is 13.1. The molecule has 0 saturated heterocycles. The smallest absolute Gasteiger partial charge is 0.141 e. The van der Waals surface area contributed by atoms with Gasteiger partial charge in [0, 0.05) is 6.04 Å². The zero-order chi connectivity index (χ0) is 14.5. The van der Waals surface area contributed by atoms with Crippen LogP contribution in [0.25, 0.3) is 0 Å². The van der Waals surface area contributed by atoms with Crippen molar-refractivity contribution in [3.8, 4) is 0 Å². The quantitative estimate of drug-likeness (QED) is 0.859. The Hall–Kier alpha value is -0.960. The van der Waals surface area contributed by atoms with Gasteiger partial charge in [0.1, 0.15) is 5.82 Å². The number of hydrogen-bond acceptors (Lipinski definition) is 2. The van der Waals surface area contributed by atoms with Crippen molar-refractivity contribution in [3.63, 3.8) is 0 Å². The summed E-state index contributed by atoms with van der Waals surface area (Å²) in [6.07, 6.45) is 7.77. The molecular weight excluding hydrogens is 251 g/mol. The molecule has 20 heavy (non-hydrogen) atoms. The highest BCUT2D eigenvalue weighted by molar-refractivity contribution is 5.11. The van der Waals surface area contributed by atoms with E-state index < -0.39 is 0 Å². The summed E-state index contributed by atoms with van der Waals surface area (Å²) in [6, 6.07) is 4.03. The molecule has 0 spiro atoms. The summed E-state index contributed by atoms with van der Waals surface area (Å²) in [4.78, 5) is 4.31. The van der Waals surface area contributed by atoms with Gasteiger partial charge in [-0.3, -0.25) is 4.98 Å². The van der Waals surface area contributed by atoms with E-state index >= 15 is 0 Å². The molecule has 2 rings (SSSR count). The molecule has 0 bridgehead atoms. The molecule has 1 unspecified atom stereocenters. The van der Waals surface area contributed by atoms with Crippen molar-refractivity contribution in [2.45, 2.75) is 65.0 Å². The first-order valence-corrected chi connectivity index (χ1v) is 7.97. The topological polar surface area (TPSA) is 24.9 Å². The maximum Gasteiger partial charge on any atom is 0.141 e. The Morgan fingerprint density at radius 2 is 1.95 bits per heavy atom. The number of nitrogens with one attached hydrogen (secondary N) is 1. The predicted octanol–water partition coefficient (Wildman–Crippen LogP) is 4.48. The Labute approximate surface area is 122 Å². The van der Waals surface area contributed by atoms with Gasteiger partial charge in [0.2, 0.25) is 0 Å². The van der Waals surface area contributed by atoms with Crippen LogP contribution < -0.4 is 5.32 Å². The molecule has 2 nitrogen and oxygen atoms in total. The van der Waals surface area contributed by atoms with Crippen LogP contribution in [0.1, 0.15) is 64.6 Å². The molecule has 3 heteroatoms. The second-order valence-electron chi connectivity index (χ2n) is 6.39. The van der Waals surface area contributed by atoms with Crippen LogP contribution in [0.3, 0.4) is 0 Å². The molecule has 1 aromatic rings. The minimum atomic E-state index is -0.258. The van der Waals surface area contributed by atoms with Crippen molar-refractivity contribution in [2.24, 2.45) is 11.8 Å². The van der Waals surface area contributed by atoms with Crippen molar-refractivity contribution in [1.82, 2.24) is 10.3 Å². The number of halogens is 1. The standard InChI is InChI=1S/C17H27FN2/c1-4-13-5-7-14(8-6-13)17(20-12(2)3)16-10-9-15(18)11-19-16/h9-14,17,20H,4-8H2,1-3H3. The molecule has 1 fully saturated rings. The molecule has 0 aromatic carbocycles. The van der Waals surface area contributed by atoms with Crippen molar-refractivity contribution in [1.29, 1.82) is 0 Å². The molecule has 112 valence electrons. The van der Waals surface area contributed by atoms with E-state index in [0.717, 1.165) is 11.6 Å². The largest absolute Gasteiger partial charge is 0.306 e. The van der Waals surface area contributed by atoms with Gasteiger partial charge in [0.05, 0.1) is 17.9 Å². The molecule has 1 heterocycles. The molecule has 1 atom stereocenters. The van der Waals surface area contributed by atoms with Crippen LogP contribution >= 0.6 is 0 Å². The van der Waals surface area contributed by atoms with E-state index in [9.17, 15) is 4.39 Å². The van der Waals surface area contributed by atoms with E-state index in [1.807, 2.05) is 6.07 Å². The van der Waals surface area contributed by atoms with E-state index in [0.29, 0.717) is 12.0 Å². The molecule has 0 amide bonds. The summed E-state index contributed by atoms with van der Waals surface area (Å²) in [7, 11) is 0. The third-order valence-electron chi connectivity index (χ3n) is 4.52. The van der Waals surface area contributed by atoms with E-state index in [-0.39, 0.29) is 11.9 Å². The van der Waals surface area contributed by atoms with Gasteiger partial charge in [-0.05, 0) is 36.8 Å². The van der Waals surface area contributed by atoms with E-state index in [1.165, 1.54) is 44.4 Å². The Bertz CT molecular complexity index is 394. The Kier molecular flexibility index (Phi) is 5.53. The van der Waals surface area contributed by atoms with Crippen LogP contribution in [0.4, 0.5) is 4.39 Å². The number of aromatic nitrogens is 1. The van der Waals surface area contributed by atoms with Crippen molar-refractivity contribution in [3.05, 3.63) is 29.8 Å². The minimum absolute atomic E-state index is 0.258. The summed E-state index contributed by atoms with van der Waals surface area (Å²) in [6.45, 7) is 6.61. The average molecular weight is 278 g/mol. The first-order valence-electron chi connectivity index (χ1n) is 7.97. The van der Waals surface area contributed by atoms with Gasteiger partial charge in [0.15, 0.2) is 0 Å². The van der Waals surface area contributed by atoms with Crippen LogP contribution in [0.2, 0.25) is 0 Å². The Morgan fingerprint density at radius 1 is 1.25 bits per heavy atom. The third-order valence-corrected chi connectivity index (χ3v) is 4.52. The Balaban J connectivity index is 2.09. The highest BCUT2D eigenvalue weighted by atomic mass is 19.1. The number of nitrogens with zero attached hydrogens (tertiary/aromatic N) is 1. The van der Waals surface area contributed by atoms with Crippen LogP contribution in [0, 0.1) is 17.7 Å². The molecule has 1 saturated carbocycles. The van der Waals surface area contributed by atoms with Crippen LogP contribution in [0.5, 0.6) is 0 Å². The first-order chi connectivity index (χ1) is 9.60.